The molecule has 4 nitrogen and oxygen atoms in total. The molecule has 2 aromatic rings. The lowest BCUT2D eigenvalue weighted by Crippen LogP contribution is -1.97. The zero-order valence-corrected chi connectivity index (χ0v) is 11.8. The van der Waals surface area contributed by atoms with Crippen LogP contribution in [0.25, 0.3) is 11.6 Å². The summed E-state index contributed by atoms with van der Waals surface area (Å²) in [6, 6.07) is 14.9. The number of nitriles is 1. The summed E-state index contributed by atoms with van der Waals surface area (Å²) in [4.78, 5) is 10.7. The van der Waals surface area contributed by atoms with Crippen LogP contribution in [-0.4, -0.2) is 4.92 Å². The molecule has 2 aromatic carbocycles. The van der Waals surface area contributed by atoms with E-state index in [4.69, 9.17) is 0 Å². The number of rotatable bonds is 3. The van der Waals surface area contributed by atoms with E-state index in [-0.39, 0.29) is 5.69 Å². The highest BCUT2D eigenvalue weighted by Gasteiger charge is 2.17. The van der Waals surface area contributed by atoms with Crippen LogP contribution in [0.2, 0.25) is 0 Å². The Kier molecular flexibility index (Phi) is 4.15. The molecular formula is C17H14N2O2. The van der Waals surface area contributed by atoms with E-state index in [0.717, 1.165) is 11.1 Å². The molecule has 4 heteroatoms. The minimum Gasteiger partial charge on any atom is -0.258 e. The van der Waals surface area contributed by atoms with Gasteiger partial charge in [-0.1, -0.05) is 30.3 Å². The first-order valence-electron chi connectivity index (χ1n) is 6.46. The number of nitro benzene ring substituents is 1. The summed E-state index contributed by atoms with van der Waals surface area (Å²) in [5.41, 5.74) is 3.22. The summed E-state index contributed by atoms with van der Waals surface area (Å²) in [6.07, 6.45) is 1.74. The molecule has 0 aliphatic carbocycles. The summed E-state index contributed by atoms with van der Waals surface area (Å²) in [7, 11) is 0. The predicted molar refractivity (Wildman–Crippen MR) is 82.5 cm³/mol. The van der Waals surface area contributed by atoms with E-state index in [1.807, 2.05) is 30.3 Å². The minimum absolute atomic E-state index is 0.0409. The number of allylic oxidation sites excluding steroid dienone is 1. The Balaban J connectivity index is 2.62. The van der Waals surface area contributed by atoms with Crippen molar-refractivity contribution in [1.29, 1.82) is 5.26 Å². The van der Waals surface area contributed by atoms with Crippen molar-refractivity contribution in [3.05, 3.63) is 74.8 Å². The fraction of sp³-hybridized carbons (Fsp3) is 0.118. The lowest BCUT2D eigenvalue weighted by Gasteiger charge is -2.07. The monoisotopic (exact) mass is 278 g/mol. The van der Waals surface area contributed by atoms with Crippen molar-refractivity contribution in [1.82, 2.24) is 0 Å². The van der Waals surface area contributed by atoms with Crippen LogP contribution in [0.15, 0.2) is 42.5 Å². The van der Waals surface area contributed by atoms with Crippen LogP contribution in [0.5, 0.6) is 0 Å². The van der Waals surface area contributed by atoms with Gasteiger partial charge in [0, 0.05) is 17.2 Å². The Bertz CT molecular complexity index is 756. The van der Waals surface area contributed by atoms with Gasteiger partial charge in [0.2, 0.25) is 0 Å². The Labute approximate surface area is 123 Å². The summed E-state index contributed by atoms with van der Waals surface area (Å²) in [5.74, 6) is 0. The van der Waals surface area contributed by atoms with E-state index in [0.29, 0.717) is 16.7 Å². The molecule has 21 heavy (non-hydrogen) atoms. The summed E-state index contributed by atoms with van der Waals surface area (Å²) >= 11 is 0. The highest BCUT2D eigenvalue weighted by molar-refractivity contribution is 5.91. The fourth-order valence-electron chi connectivity index (χ4n) is 2.20. The first-order valence-corrected chi connectivity index (χ1v) is 6.46. The number of aryl methyl sites for hydroxylation is 1. The van der Waals surface area contributed by atoms with E-state index >= 15 is 0 Å². The minimum atomic E-state index is -0.413. The second kappa shape index (κ2) is 6.02. The second-order valence-electron chi connectivity index (χ2n) is 4.79. The summed E-state index contributed by atoms with van der Waals surface area (Å²) in [5, 5.41) is 20.5. The molecule has 0 bridgehead atoms. The molecule has 0 aliphatic rings. The molecule has 104 valence electrons. The van der Waals surface area contributed by atoms with Gasteiger partial charge in [-0.05, 0) is 37.1 Å². The molecule has 0 saturated carbocycles. The van der Waals surface area contributed by atoms with Crippen LogP contribution < -0.4 is 0 Å². The number of benzene rings is 2. The normalized spacial score (nSPS) is 11.0. The molecule has 0 aromatic heterocycles. The number of nitro groups is 1. The van der Waals surface area contributed by atoms with Crippen LogP contribution >= 0.6 is 0 Å². The van der Waals surface area contributed by atoms with Gasteiger partial charge in [0.05, 0.1) is 16.6 Å². The topological polar surface area (TPSA) is 66.9 Å². The number of hydrogen-bond donors (Lipinski definition) is 0. The van der Waals surface area contributed by atoms with Crippen molar-refractivity contribution in [2.24, 2.45) is 0 Å². The SMILES string of the molecule is Cc1cc(C(C#N)=Cc2ccccc2)c(C)c([N+](=O)[O-])c1. The van der Waals surface area contributed by atoms with Gasteiger partial charge in [-0.2, -0.15) is 5.26 Å². The smallest absolute Gasteiger partial charge is 0.258 e. The molecule has 0 atom stereocenters. The van der Waals surface area contributed by atoms with Crippen molar-refractivity contribution < 1.29 is 4.92 Å². The first kappa shape index (κ1) is 14.5. The van der Waals surface area contributed by atoms with Crippen LogP contribution in [-0.2, 0) is 0 Å². The van der Waals surface area contributed by atoms with Crippen LogP contribution in [0.1, 0.15) is 22.3 Å². The molecule has 0 unspecified atom stereocenters. The van der Waals surface area contributed by atoms with Crippen molar-refractivity contribution in [2.45, 2.75) is 13.8 Å². The maximum Gasteiger partial charge on any atom is 0.273 e. The summed E-state index contributed by atoms with van der Waals surface area (Å²) in [6.45, 7) is 3.45. The van der Waals surface area contributed by atoms with E-state index in [1.54, 1.807) is 26.0 Å². The maximum atomic E-state index is 11.1. The molecular weight excluding hydrogens is 264 g/mol. The zero-order chi connectivity index (χ0) is 15.4. The lowest BCUT2D eigenvalue weighted by molar-refractivity contribution is -0.385. The van der Waals surface area contributed by atoms with Crippen LogP contribution in [0, 0.1) is 35.3 Å². The van der Waals surface area contributed by atoms with E-state index < -0.39 is 4.92 Å². The second-order valence-corrected chi connectivity index (χ2v) is 4.79. The fourth-order valence-corrected chi connectivity index (χ4v) is 2.20. The van der Waals surface area contributed by atoms with Gasteiger partial charge in [0.25, 0.3) is 5.69 Å². The standard InChI is InChI=1S/C17H14N2O2/c1-12-8-16(13(2)17(9-12)19(20)21)15(11-18)10-14-6-4-3-5-7-14/h3-10H,1-2H3. The number of hydrogen-bond acceptors (Lipinski definition) is 3. The molecule has 0 aliphatic heterocycles. The Morgan fingerprint density at radius 1 is 1.24 bits per heavy atom. The number of nitrogens with zero attached hydrogens (tertiary/aromatic N) is 2. The molecule has 0 heterocycles. The molecule has 0 fully saturated rings. The largest absolute Gasteiger partial charge is 0.273 e. The van der Waals surface area contributed by atoms with Crippen molar-refractivity contribution in [3.63, 3.8) is 0 Å². The molecule has 2 rings (SSSR count). The van der Waals surface area contributed by atoms with Gasteiger partial charge < -0.3 is 0 Å². The van der Waals surface area contributed by atoms with Gasteiger partial charge in [0.1, 0.15) is 0 Å². The van der Waals surface area contributed by atoms with E-state index in [9.17, 15) is 15.4 Å². The van der Waals surface area contributed by atoms with Gasteiger partial charge in [-0.25, -0.2) is 0 Å². The Morgan fingerprint density at radius 2 is 1.90 bits per heavy atom. The Morgan fingerprint density at radius 3 is 2.48 bits per heavy atom. The van der Waals surface area contributed by atoms with Gasteiger partial charge in [-0.3, -0.25) is 10.1 Å². The van der Waals surface area contributed by atoms with Crippen LogP contribution in [0.3, 0.4) is 0 Å². The quantitative estimate of drug-likeness (QED) is 0.364. The third-order valence-corrected chi connectivity index (χ3v) is 3.24. The van der Waals surface area contributed by atoms with Crippen molar-refractivity contribution >= 4 is 17.3 Å². The first-order chi connectivity index (χ1) is 10.0. The van der Waals surface area contributed by atoms with Gasteiger partial charge in [-0.15, -0.1) is 0 Å². The predicted octanol–water partition coefficient (Wildman–Crippen LogP) is 4.28. The molecule has 0 radical (unpaired) electrons. The third kappa shape index (κ3) is 3.15. The highest BCUT2D eigenvalue weighted by Crippen LogP contribution is 2.29. The lowest BCUT2D eigenvalue weighted by atomic mass is 9.96. The van der Waals surface area contributed by atoms with Crippen molar-refractivity contribution in [2.75, 3.05) is 0 Å². The van der Waals surface area contributed by atoms with Gasteiger partial charge >= 0.3 is 0 Å². The third-order valence-electron chi connectivity index (χ3n) is 3.24. The van der Waals surface area contributed by atoms with Gasteiger partial charge in [0.15, 0.2) is 0 Å². The van der Waals surface area contributed by atoms with E-state index in [2.05, 4.69) is 6.07 Å². The average Bonchev–Trinajstić information content (AvgIpc) is 2.48. The molecule has 0 spiro atoms. The summed E-state index contributed by atoms with van der Waals surface area (Å²) < 4.78 is 0. The zero-order valence-electron chi connectivity index (χ0n) is 11.8. The van der Waals surface area contributed by atoms with E-state index in [1.165, 1.54) is 6.07 Å². The molecule has 0 N–H and O–H groups in total. The average molecular weight is 278 g/mol. The Hall–Kier alpha value is -2.93. The maximum absolute atomic E-state index is 11.1. The van der Waals surface area contributed by atoms with Crippen LogP contribution in [0.4, 0.5) is 5.69 Å². The molecule has 0 saturated heterocycles. The molecule has 0 amide bonds. The highest BCUT2D eigenvalue weighted by atomic mass is 16.6. The van der Waals surface area contributed by atoms with Crippen molar-refractivity contribution in [3.8, 4) is 6.07 Å².